The number of halogens is 2. The zero-order valence-electron chi connectivity index (χ0n) is 23.0. The number of carboxylic acids is 1. The zero-order chi connectivity index (χ0) is 28.9. The number of anilines is 1. The summed E-state index contributed by atoms with van der Waals surface area (Å²) in [6.07, 6.45) is 2.66. The Balaban J connectivity index is 1.40. The molecule has 208 valence electrons. The molecular formula is C30H31ClFN5O3. The average molecular weight is 564 g/mol. The molecule has 1 atom stereocenters. The SMILES string of the molecule is Cc1cc(N[C@H]2CCN(C(=O)c3ccc4c(-c5ccc(Cl)c(F)c5)cn(C(C)(C)C)c4n3)C2)nc(C)c1C(=O)O. The number of hydrogen-bond donors (Lipinski definition) is 2. The highest BCUT2D eigenvalue weighted by Gasteiger charge is 2.29. The molecule has 0 aliphatic carbocycles. The Bertz CT molecular complexity index is 1640. The van der Waals surface area contributed by atoms with Gasteiger partial charge in [0.15, 0.2) is 0 Å². The normalized spacial score (nSPS) is 15.6. The number of aryl methyl sites for hydroxylation is 2. The Morgan fingerprint density at radius 3 is 2.52 bits per heavy atom. The molecule has 1 saturated heterocycles. The van der Waals surface area contributed by atoms with Crippen molar-refractivity contribution >= 4 is 40.3 Å². The quantitative estimate of drug-likeness (QED) is 0.296. The van der Waals surface area contributed by atoms with Gasteiger partial charge < -0.3 is 19.9 Å². The number of nitrogens with zero attached hydrogens (tertiary/aromatic N) is 4. The van der Waals surface area contributed by atoms with E-state index in [2.05, 4.69) is 10.3 Å². The van der Waals surface area contributed by atoms with Crippen molar-refractivity contribution in [1.29, 1.82) is 0 Å². The van der Waals surface area contributed by atoms with Crippen molar-refractivity contribution in [1.82, 2.24) is 19.4 Å². The Kier molecular flexibility index (Phi) is 7.04. The first-order valence-corrected chi connectivity index (χ1v) is 13.5. The summed E-state index contributed by atoms with van der Waals surface area (Å²) in [7, 11) is 0. The fourth-order valence-corrected chi connectivity index (χ4v) is 5.41. The molecule has 1 aromatic carbocycles. The van der Waals surface area contributed by atoms with Gasteiger partial charge in [0.1, 0.15) is 23.0 Å². The number of aromatic carboxylic acids is 1. The number of carbonyl (C=O) groups excluding carboxylic acids is 1. The molecule has 3 aromatic heterocycles. The summed E-state index contributed by atoms with van der Waals surface area (Å²) >= 11 is 5.90. The van der Waals surface area contributed by atoms with Crippen molar-refractivity contribution in [2.75, 3.05) is 18.4 Å². The van der Waals surface area contributed by atoms with Gasteiger partial charge in [0, 0.05) is 41.8 Å². The molecule has 0 unspecified atom stereocenters. The number of benzene rings is 1. The molecule has 0 spiro atoms. The van der Waals surface area contributed by atoms with Gasteiger partial charge in [0.2, 0.25) is 0 Å². The summed E-state index contributed by atoms with van der Waals surface area (Å²) in [5, 5.41) is 13.6. The maximum absolute atomic E-state index is 14.3. The predicted octanol–water partition coefficient (Wildman–Crippen LogP) is 6.29. The van der Waals surface area contributed by atoms with E-state index in [1.165, 1.54) is 12.1 Å². The van der Waals surface area contributed by atoms with Crippen molar-refractivity contribution in [2.45, 2.75) is 52.6 Å². The standard InChI is InChI=1S/C30H31ClFN5O3/c1-16-12-25(33-17(2)26(16)29(39)40)34-19-10-11-36(14-19)28(38)24-9-7-20-21(18-6-8-22(31)23(32)13-18)15-37(27(20)35-24)30(3,4)5/h6-9,12-13,15,19H,10-11,14H2,1-5H3,(H,33,34)(H,39,40)/t19-/m0/s1. The summed E-state index contributed by atoms with van der Waals surface area (Å²) in [6.45, 7) is 10.6. The molecule has 1 aliphatic heterocycles. The second kappa shape index (κ2) is 10.2. The third-order valence-electron chi connectivity index (χ3n) is 7.26. The summed E-state index contributed by atoms with van der Waals surface area (Å²) < 4.78 is 16.3. The molecule has 0 saturated carbocycles. The molecular weight excluding hydrogens is 533 g/mol. The number of nitrogens with one attached hydrogen (secondary N) is 1. The summed E-state index contributed by atoms with van der Waals surface area (Å²) in [5.41, 5.74) is 3.42. The van der Waals surface area contributed by atoms with Crippen molar-refractivity contribution in [2.24, 2.45) is 0 Å². The average Bonchev–Trinajstić information content (AvgIpc) is 3.49. The van der Waals surface area contributed by atoms with E-state index in [9.17, 15) is 19.1 Å². The first-order chi connectivity index (χ1) is 18.8. The number of carbonyl (C=O) groups is 2. The first kappa shape index (κ1) is 27.6. The van der Waals surface area contributed by atoms with Crippen LogP contribution in [0, 0.1) is 19.7 Å². The van der Waals surface area contributed by atoms with Crippen LogP contribution in [0.3, 0.4) is 0 Å². The largest absolute Gasteiger partial charge is 0.478 e. The van der Waals surface area contributed by atoms with E-state index in [0.29, 0.717) is 47.1 Å². The lowest BCUT2D eigenvalue weighted by Gasteiger charge is -2.22. The molecule has 8 nitrogen and oxygen atoms in total. The van der Waals surface area contributed by atoms with Gasteiger partial charge in [-0.1, -0.05) is 17.7 Å². The maximum atomic E-state index is 14.3. The highest BCUT2D eigenvalue weighted by molar-refractivity contribution is 6.30. The zero-order valence-corrected chi connectivity index (χ0v) is 23.8. The Labute approximate surface area is 236 Å². The fraction of sp³-hybridized carbons (Fsp3) is 0.333. The molecule has 2 N–H and O–H groups in total. The number of rotatable bonds is 5. The van der Waals surface area contributed by atoms with Gasteiger partial charge in [-0.2, -0.15) is 0 Å². The lowest BCUT2D eigenvalue weighted by Crippen LogP contribution is -2.32. The molecule has 1 fully saturated rings. The molecule has 40 heavy (non-hydrogen) atoms. The number of likely N-dealkylation sites (tertiary alicyclic amines) is 1. The van der Waals surface area contributed by atoms with Gasteiger partial charge in [-0.05, 0) is 82.5 Å². The summed E-state index contributed by atoms with van der Waals surface area (Å²) in [5.74, 6) is -1.08. The van der Waals surface area contributed by atoms with Crippen LogP contribution in [-0.4, -0.2) is 55.5 Å². The number of aromatic nitrogens is 3. The Morgan fingerprint density at radius 2 is 1.88 bits per heavy atom. The number of amides is 1. The molecule has 0 radical (unpaired) electrons. The van der Waals surface area contributed by atoms with Crippen molar-refractivity contribution in [3.05, 3.63) is 75.9 Å². The maximum Gasteiger partial charge on any atom is 0.337 e. The van der Waals surface area contributed by atoms with Gasteiger partial charge in [0.25, 0.3) is 5.91 Å². The van der Waals surface area contributed by atoms with Crippen molar-refractivity contribution in [3.8, 4) is 11.1 Å². The van der Waals surface area contributed by atoms with E-state index < -0.39 is 11.8 Å². The fourth-order valence-electron chi connectivity index (χ4n) is 5.29. The van der Waals surface area contributed by atoms with Crippen LogP contribution in [0.2, 0.25) is 5.02 Å². The minimum Gasteiger partial charge on any atom is -0.478 e. The highest BCUT2D eigenvalue weighted by atomic mass is 35.5. The van der Waals surface area contributed by atoms with Crippen molar-refractivity contribution in [3.63, 3.8) is 0 Å². The first-order valence-electron chi connectivity index (χ1n) is 13.1. The second-order valence-corrected chi connectivity index (χ2v) is 11.7. The van der Waals surface area contributed by atoms with Gasteiger partial charge >= 0.3 is 5.97 Å². The van der Waals surface area contributed by atoms with Crippen LogP contribution < -0.4 is 5.32 Å². The molecule has 0 bridgehead atoms. The van der Waals surface area contributed by atoms with E-state index in [0.717, 1.165) is 17.4 Å². The number of hydrogen-bond acceptors (Lipinski definition) is 5. The van der Waals surface area contributed by atoms with E-state index >= 15 is 0 Å². The molecule has 4 heterocycles. The highest BCUT2D eigenvalue weighted by Crippen LogP contribution is 2.35. The van der Waals surface area contributed by atoms with E-state index in [-0.39, 0.29) is 28.1 Å². The number of pyridine rings is 2. The van der Waals surface area contributed by atoms with Crippen LogP contribution >= 0.6 is 11.6 Å². The van der Waals surface area contributed by atoms with Crippen LogP contribution in [0.4, 0.5) is 10.2 Å². The van der Waals surface area contributed by atoms with Crippen LogP contribution in [0.1, 0.15) is 59.3 Å². The number of carboxylic acid groups (broad SMARTS) is 1. The third kappa shape index (κ3) is 5.13. The molecule has 1 aliphatic rings. The van der Waals surface area contributed by atoms with Gasteiger partial charge in [-0.25, -0.2) is 19.2 Å². The van der Waals surface area contributed by atoms with Crippen LogP contribution in [-0.2, 0) is 5.54 Å². The van der Waals surface area contributed by atoms with E-state index in [1.807, 2.05) is 37.6 Å². The molecule has 10 heteroatoms. The van der Waals surface area contributed by atoms with Gasteiger partial charge in [-0.3, -0.25) is 4.79 Å². The lowest BCUT2D eigenvalue weighted by atomic mass is 10.1. The number of fused-ring (bicyclic) bond motifs is 1. The van der Waals surface area contributed by atoms with E-state index in [1.54, 1.807) is 36.9 Å². The van der Waals surface area contributed by atoms with Crippen LogP contribution in [0.25, 0.3) is 22.2 Å². The van der Waals surface area contributed by atoms with Gasteiger partial charge in [0.05, 0.1) is 16.3 Å². The minimum atomic E-state index is -0.999. The van der Waals surface area contributed by atoms with Crippen LogP contribution in [0.5, 0.6) is 0 Å². The Morgan fingerprint density at radius 1 is 1.12 bits per heavy atom. The topological polar surface area (TPSA) is 100 Å². The third-order valence-corrected chi connectivity index (χ3v) is 7.57. The summed E-state index contributed by atoms with van der Waals surface area (Å²) in [4.78, 5) is 36.0. The smallest absolute Gasteiger partial charge is 0.337 e. The van der Waals surface area contributed by atoms with E-state index in [4.69, 9.17) is 16.6 Å². The van der Waals surface area contributed by atoms with Crippen molar-refractivity contribution < 1.29 is 19.1 Å². The molecule has 5 rings (SSSR count). The minimum absolute atomic E-state index is 0.0282. The monoisotopic (exact) mass is 563 g/mol. The summed E-state index contributed by atoms with van der Waals surface area (Å²) in [6, 6.07) is 10.00. The predicted molar refractivity (Wildman–Crippen MR) is 154 cm³/mol. The molecule has 4 aromatic rings. The lowest BCUT2D eigenvalue weighted by molar-refractivity contribution is 0.0694. The van der Waals surface area contributed by atoms with Gasteiger partial charge in [-0.15, -0.1) is 0 Å². The molecule has 1 amide bonds. The van der Waals surface area contributed by atoms with Crippen LogP contribution in [0.15, 0.2) is 42.6 Å². The Hall–Kier alpha value is -3.98. The second-order valence-electron chi connectivity index (χ2n) is 11.3.